The van der Waals surface area contributed by atoms with Gasteiger partial charge in [0.15, 0.2) is 11.6 Å². The number of amides is 1. The number of benzene rings is 1. The average molecular weight is 241 g/mol. The number of carbonyl (C=O) groups is 1. The molecule has 0 aliphatic heterocycles. The molecule has 0 unspecified atom stereocenters. The molecule has 0 heterocycles. The van der Waals surface area contributed by atoms with E-state index in [0.29, 0.717) is 19.6 Å². The van der Waals surface area contributed by atoms with Crippen LogP contribution in [0.4, 0.5) is 4.39 Å². The molecule has 0 aromatic heterocycles. The summed E-state index contributed by atoms with van der Waals surface area (Å²) < 4.78 is 18.5. The number of ether oxygens (including phenoxy) is 1. The Morgan fingerprint density at radius 3 is 2.88 bits per heavy atom. The van der Waals surface area contributed by atoms with Crippen molar-refractivity contribution in [1.29, 1.82) is 0 Å². The lowest BCUT2D eigenvalue weighted by molar-refractivity contribution is -0.123. The van der Waals surface area contributed by atoms with Crippen LogP contribution in [0.25, 0.3) is 0 Å². The Balaban J connectivity index is 2.50. The molecule has 0 aliphatic carbocycles. The summed E-state index contributed by atoms with van der Waals surface area (Å²) in [5, 5.41) is 11.0. The maximum atomic E-state index is 13.4. The molecule has 0 bridgehead atoms. The number of carbonyl (C=O) groups excluding carboxylic acids is 1. The maximum absolute atomic E-state index is 13.4. The van der Waals surface area contributed by atoms with Crippen LogP contribution in [0.5, 0.6) is 5.75 Å². The van der Waals surface area contributed by atoms with Crippen molar-refractivity contribution in [2.75, 3.05) is 19.8 Å². The van der Waals surface area contributed by atoms with Crippen molar-refractivity contribution >= 4 is 5.91 Å². The smallest absolute Gasteiger partial charge is 0.245 e. The highest BCUT2D eigenvalue weighted by molar-refractivity contribution is 5.76. The third-order valence-electron chi connectivity index (χ3n) is 2.18. The molecule has 0 atom stereocenters. The van der Waals surface area contributed by atoms with E-state index in [4.69, 9.17) is 9.84 Å². The maximum Gasteiger partial charge on any atom is 0.245 e. The Bertz CT molecular complexity index is 382. The lowest BCUT2D eigenvalue weighted by Gasteiger charge is -2.07. The monoisotopic (exact) mass is 241 g/mol. The molecular weight excluding hydrogens is 225 g/mol. The van der Waals surface area contributed by atoms with E-state index in [2.05, 4.69) is 5.32 Å². The Kier molecular flexibility index (Phi) is 5.42. The quantitative estimate of drug-likeness (QED) is 0.777. The molecule has 4 nitrogen and oxygen atoms in total. The molecule has 5 heteroatoms. The number of nitrogens with one attached hydrogen (secondary N) is 1. The van der Waals surface area contributed by atoms with E-state index in [9.17, 15) is 9.18 Å². The summed E-state index contributed by atoms with van der Waals surface area (Å²) >= 11 is 0. The molecular formula is C12H16FNO3. The van der Waals surface area contributed by atoms with Crippen molar-refractivity contribution in [3.05, 3.63) is 29.6 Å². The molecule has 0 aliphatic rings. The molecule has 0 spiro atoms. The zero-order valence-corrected chi connectivity index (χ0v) is 9.70. The Hall–Kier alpha value is -1.62. The number of halogens is 1. The van der Waals surface area contributed by atoms with Gasteiger partial charge in [0.25, 0.3) is 0 Å². The zero-order valence-electron chi connectivity index (χ0n) is 9.70. The van der Waals surface area contributed by atoms with Crippen LogP contribution in [0.3, 0.4) is 0 Å². The van der Waals surface area contributed by atoms with Gasteiger partial charge in [0.2, 0.25) is 5.91 Å². The lowest BCUT2D eigenvalue weighted by Crippen LogP contribution is -2.28. The van der Waals surface area contributed by atoms with Crippen LogP contribution in [-0.4, -0.2) is 30.8 Å². The fraction of sp³-hybridized carbons (Fsp3) is 0.417. The van der Waals surface area contributed by atoms with Crippen molar-refractivity contribution in [1.82, 2.24) is 5.32 Å². The fourth-order valence-corrected chi connectivity index (χ4v) is 1.37. The number of aliphatic hydroxyl groups excluding tert-OH is 1. The van der Waals surface area contributed by atoms with Gasteiger partial charge in [-0.1, -0.05) is 6.07 Å². The normalized spacial score (nSPS) is 10.1. The first kappa shape index (κ1) is 13.4. The van der Waals surface area contributed by atoms with Crippen LogP contribution in [0, 0.1) is 5.82 Å². The van der Waals surface area contributed by atoms with Gasteiger partial charge >= 0.3 is 0 Å². The second-order valence-electron chi connectivity index (χ2n) is 3.46. The number of hydrogen-bond acceptors (Lipinski definition) is 3. The summed E-state index contributed by atoms with van der Waals surface area (Å²) in [5.74, 6) is -0.607. The van der Waals surface area contributed by atoms with E-state index in [1.165, 1.54) is 6.07 Å². The van der Waals surface area contributed by atoms with Crippen LogP contribution in [-0.2, 0) is 11.2 Å². The van der Waals surface area contributed by atoms with Gasteiger partial charge in [-0.05, 0) is 31.0 Å². The molecule has 0 saturated carbocycles. The van der Waals surface area contributed by atoms with E-state index < -0.39 is 18.3 Å². The van der Waals surface area contributed by atoms with E-state index in [-0.39, 0.29) is 5.75 Å². The predicted molar refractivity (Wildman–Crippen MR) is 61.4 cm³/mol. The van der Waals surface area contributed by atoms with Crippen LogP contribution in [0.15, 0.2) is 18.2 Å². The molecule has 1 aromatic carbocycles. The van der Waals surface area contributed by atoms with Crippen molar-refractivity contribution in [3.8, 4) is 5.75 Å². The second-order valence-corrected chi connectivity index (χ2v) is 3.46. The van der Waals surface area contributed by atoms with E-state index >= 15 is 0 Å². The van der Waals surface area contributed by atoms with Crippen LogP contribution < -0.4 is 10.1 Å². The summed E-state index contributed by atoms with van der Waals surface area (Å²) in [4.78, 5) is 10.8. The van der Waals surface area contributed by atoms with Gasteiger partial charge in [-0.2, -0.15) is 0 Å². The number of rotatable bonds is 6. The highest BCUT2D eigenvalue weighted by atomic mass is 19.1. The topological polar surface area (TPSA) is 58.6 Å². The minimum absolute atomic E-state index is 0.232. The third-order valence-corrected chi connectivity index (χ3v) is 2.18. The first-order chi connectivity index (χ1) is 8.17. The lowest BCUT2D eigenvalue weighted by atomic mass is 10.1. The predicted octanol–water partition coefficient (Wildman–Crippen LogP) is 0.875. The van der Waals surface area contributed by atoms with Crippen molar-refractivity contribution < 1.29 is 19.0 Å². The molecule has 0 radical (unpaired) electrons. The minimum Gasteiger partial charge on any atom is -0.491 e. The first-order valence-corrected chi connectivity index (χ1v) is 5.46. The second kappa shape index (κ2) is 6.85. The van der Waals surface area contributed by atoms with Gasteiger partial charge in [0.1, 0.15) is 6.61 Å². The highest BCUT2D eigenvalue weighted by Gasteiger charge is 2.04. The fourth-order valence-electron chi connectivity index (χ4n) is 1.37. The van der Waals surface area contributed by atoms with Crippen LogP contribution >= 0.6 is 0 Å². The number of hydrogen-bond donors (Lipinski definition) is 2. The van der Waals surface area contributed by atoms with Gasteiger partial charge in [-0.25, -0.2) is 4.39 Å². The molecule has 0 saturated heterocycles. The van der Waals surface area contributed by atoms with Gasteiger partial charge < -0.3 is 15.2 Å². The average Bonchev–Trinajstić information content (AvgIpc) is 2.32. The van der Waals surface area contributed by atoms with Gasteiger partial charge in [0, 0.05) is 6.54 Å². The summed E-state index contributed by atoms with van der Waals surface area (Å²) in [6, 6.07) is 4.71. The Morgan fingerprint density at radius 1 is 1.53 bits per heavy atom. The van der Waals surface area contributed by atoms with Crippen LogP contribution in [0.2, 0.25) is 0 Å². The molecule has 1 aromatic rings. The largest absolute Gasteiger partial charge is 0.491 e. The number of aliphatic hydroxyl groups is 1. The molecule has 17 heavy (non-hydrogen) atoms. The van der Waals surface area contributed by atoms with Crippen LogP contribution in [0.1, 0.15) is 12.5 Å². The summed E-state index contributed by atoms with van der Waals surface area (Å²) in [6.07, 6.45) is 0.509. The van der Waals surface area contributed by atoms with Crippen molar-refractivity contribution in [3.63, 3.8) is 0 Å². The zero-order chi connectivity index (χ0) is 12.7. The third kappa shape index (κ3) is 4.40. The van der Waals surface area contributed by atoms with E-state index in [1.807, 2.05) is 0 Å². The molecule has 0 fully saturated rings. The van der Waals surface area contributed by atoms with Crippen molar-refractivity contribution in [2.24, 2.45) is 0 Å². The molecule has 1 amide bonds. The molecule has 94 valence electrons. The SMILES string of the molecule is CCOc1ccc(CCNC(=O)CO)cc1F. The van der Waals surface area contributed by atoms with Gasteiger partial charge in [0.05, 0.1) is 6.61 Å². The molecule has 1 rings (SSSR count). The Labute approximate surface area is 99.4 Å². The summed E-state index contributed by atoms with van der Waals surface area (Å²) in [7, 11) is 0. The van der Waals surface area contributed by atoms with E-state index in [1.54, 1.807) is 19.1 Å². The molecule has 2 N–H and O–H groups in total. The standard InChI is InChI=1S/C12H16FNO3/c1-2-17-11-4-3-9(7-10(11)13)5-6-14-12(16)8-15/h3-4,7,15H,2,5-6,8H2,1H3,(H,14,16). The summed E-state index contributed by atoms with van der Waals surface area (Å²) in [6.45, 7) is 2.05. The first-order valence-electron chi connectivity index (χ1n) is 5.46. The van der Waals surface area contributed by atoms with Gasteiger partial charge in [-0.3, -0.25) is 4.79 Å². The highest BCUT2D eigenvalue weighted by Crippen LogP contribution is 2.18. The Morgan fingerprint density at radius 2 is 2.29 bits per heavy atom. The van der Waals surface area contributed by atoms with Crippen molar-refractivity contribution in [2.45, 2.75) is 13.3 Å². The van der Waals surface area contributed by atoms with Gasteiger partial charge in [-0.15, -0.1) is 0 Å². The minimum atomic E-state index is -0.530. The summed E-state index contributed by atoms with van der Waals surface area (Å²) in [5.41, 5.74) is 0.768. The van der Waals surface area contributed by atoms with E-state index in [0.717, 1.165) is 5.56 Å².